The highest BCUT2D eigenvalue weighted by Crippen LogP contribution is 2.11. The van der Waals surface area contributed by atoms with E-state index in [0.29, 0.717) is 6.42 Å². The van der Waals surface area contributed by atoms with E-state index >= 15 is 0 Å². The summed E-state index contributed by atoms with van der Waals surface area (Å²) in [6, 6.07) is 6.23. The first-order valence-corrected chi connectivity index (χ1v) is 8.19. The Bertz CT molecular complexity index is 545. The number of rotatable bonds is 5. The Morgan fingerprint density at radius 2 is 1.91 bits per heavy atom. The zero-order valence-electron chi connectivity index (χ0n) is 14.0. The third-order valence-corrected chi connectivity index (χ3v) is 4.38. The van der Waals surface area contributed by atoms with Gasteiger partial charge in [-0.15, -0.1) is 0 Å². The number of benzene rings is 1. The van der Waals surface area contributed by atoms with E-state index in [9.17, 15) is 4.79 Å². The van der Waals surface area contributed by atoms with Gasteiger partial charge < -0.3 is 4.90 Å². The van der Waals surface area contributed by atoms with Crippen molar-refractivity contribution in [3.8, 4) is 0 Å². The van der Waals surface area contributed by atoms with Gasteiger partial charge in [0, 0.05) is 13.0 Å². The van der Waals surface area contributed by atoms with E-state index in [1.807, 2.05) is 13.0 Å². The van der Waals surface area contributed by atoms with Crippen molar-refractivity contribution in [1.29, 1.82) is 0 Å². The second-order valence-electron chi connectivity index (χ2n) is 6.18. The largest absolute Gasteiger partial charge is 0.303 e. The van der Waals surface area contributed by atoms with E-state index in [-0.39, 0.29) is 5.91 Å². The number of nitrogens with one attached hydrogen (secondary N) is 1. The number of carbonyl (C=O) groups excluding carboxylic acids is 1. The van der Waals surface area contributed by atoms with E-state index in [0.717, 1.165) is 30.9 Å². The van der Waals surface area contributed by atoms with Crippen molar-refractivity contribution in [2.75, 3.05) is 19.6 Å². The lowest BCUT2D eigenvalue weighted by atomic mass is 10.0. The van der Waals surface area contributed by atoms with Gasteiger partial charge in [-0.3, -0.25) is 4.79 Å². The summed E-state index contributed by atoms with van der Waals surface area (Å²) in [5.74, 6) is -0.00578. The Hall–Kier alpha value is -1.68. The lowest BCUT2D eigenvalue weighted by Gasteiger charge is -2.25. The zero-order chi connectivity index (χ0) is 15.9. The number of hydrogen-bond acceptors (Lipinski definition) is 3. The molecule has 1 saturated heterocycles. The molecule has 1 heterocycles. The highest BCUT2D eigenvalue weighted by molar-refractivity contribution is 5.99. The van der Waals surface area contributed by atoms with Crippen LogP contribution in [-0.2, 0) is 4.79 Å². The monoisotopic (exact) mass is 301 g/mol. The van der Waals surface area contributed by atoms with Crippen molar-refractivity contribution >= 4 is 11.6 Å². The molecule has 22 heavy (non-hydrogen) atoms. The SMILES string of the molecule is C/C(=N\NC(=O)CCN1CCCCC1)c1ccc(C)c(C)c1. The molecule has 2 rings (SSSR count). The third kappa shape index (κ3) is 4.95. The van der Waals surface area contributed by atoms with E-state index in [4.69, 9.17) is 0 Å². The topological polar surface area (TPSA) is 44.7 Å². The molecule has 1 amide bonds. The van der Waals surface area contributed by atoms with Gasteiger partial charge in [-0.05, 0) is 69.5 Å². The van der Waals surface area contributed by atoms with E-state index in [1.165, 1.54) is 30.4 Å². The van der Waals surface area contributed by atoms with Crippen molar-refractivity contribution in [2.45, 2.75) is 46.5 Å². The van der Waals surface area contributed by atoms with Crippen molar-refractivity contribution in [3.63, 3.8) is 0 Å². The smallest absolute Gasteiger partial charge is 0.241 e. The van der Waals surface area contributed by atoms with Crippen LogP contribution in [0.25, 0.3) is 0 Å². The minimum atomic E-state index is -0.00578. The summed E-state index contributed by atoms with van der Waals surface area (Å²) in [5, 5.41) is 4.23. The van der Waals surface area contributed by atoms with Crippen LogP contribution in [0.15, 0.2) is 23.3 Å². The first-order valence-electron chi connectivity index (χ1n) is 8.19. The molecule has 0 unspecified atom stereocenters. The summed E-state index contributed by atoms with van der Waals surface area (Å²) in [6.07, 6.45) is 4.35. The van der Waals surface area contributed by atoms with Crippen LogP contribution in [-0.4, -0.2) is 36.2 Å². The van der Waals surface area contributed by atoms with Crippen LogP contribution in [0.3, 0.4) is 0 Å². The molecule has 4 nitrogen and oxygen atoms in total. The number of carbonyl (C=O) groups is 1. The number of hydrogen-bond donors (Lipinski definition) is 1. The molecule has 1 N–H and O–H groups in total. The molecule has 1 aromatic rings. The number of piperidine rings is 1. The molecular formula is C18H27N3O. The van der Waals surface area contributed by atoms with Crippen molar-refractivity contribution in [2.24, 2.45) is 5.10 Å². The maximum Gasteiger partial charge on any atom is 0.241 e. The number of amides is 1. The summed E-state index contributed by atoms with van der Waals surface area (Å²) < 4.78 is 0. The summed E-state index contributed by atoms with van der Waals surface area (Å²) in [6.45, 7) is 9.19. The lowest BCUT2D eigenvalue weighted by molar-refractivity contribution is -0.121. The Labute approximate surface area is 133 Å². The molecule has 4 heteroatoms. The van der Waals surface area contributed by atoms with E-state index in [1.54, 1.807) is 0 Å². The Morgan fingerprint density at radius 1 is 1.18 bits per heavy atom. The first kappa shape index (κ1) is 16.7. The van der Waals surface area contributed by atoms with Gasteiger partial charge in [0.2, 0.25) is 5.91 Å². The fourth-order valence-corrected chi connectivity index (χ4v) is 2.68. The van der Waals surface area contributed by atoms with Crippen molar-refractivity contribution < 1.29 is 4.79 Å². The van der Waals surface area contributed by atoms with Gasteiger partial charge in [0.25, 0.3) is 0 Å². The Balaban J connectivity index is 1.81. The molecule has 0 spiro atoms. The molecule has 0 atom stereocenters. The zero-order valence-corrected chi connectivity index (χ0v) is 14.0. The van der Waals surface area contributed by atoms with Gasteiger partial charge >= 0.3 is 0 Å². The second kappa shape index (κ2) is 8.08. The summed E-state index contributed by atoms with van der Waals surface area (Å²) in [4.78, 5) is 14.3. The predicted molar refractivity (Wildman–Crippen MR) is 91.2 cm³/mol. The fraction of sp³-hybridized carbons (Fsp3) is 0.556. The minimum absolute atomic E-state index is 0.00578. The molecule has 1 fully saturated rings. The molecule has 1 aromatic carbocycles. The van der Waals surface area contributed by atoms with Crippen molar-refractivity contribution in [1.82, 2.24) is 10.3 Å². The maximum absolute atomic E-state index is 11.9. The van der Waals surface area contributed by atoms with Gasteiger partial charge in [0.15, 0.2) is 0 Å². The Morgan fingerprint density at radius 3 is 2.59 bits per heavy atom. The average Bonchev–Trinajstić information content (AvgIpc) is 2.54. The molecule has 0 aromatic heterocycles. The summed E-state index contributed by atoms with van der Waals surface area (Å²) in [5.41, 5.74) is 7.08. The van der Waals surface area contributed by atoms with Crippen molar-refractivity contribution in [3.05, 3.63) is 34.9 Å². The van der Waals surface area contributed by atoms with E-state index < -0.39 is 0 Å². The maximum atomic E-state index is 11.9. The van der Waals surface area contributed by atoms with E-state index in [2.05, 4.69) is 41.4 Å². The van der Waals surface area contributed by atoms with Gasteiger partial charge in [0.05, 0.1) is 5.71 Å². The van der Waals surface area contributed by atoms with Gasteiger partial charge in [0.1, 0.15) is 0 Å². The van der Waals surface area contributed by atoms with Crippen LogP contribution in [0.1, 0.15) is 49.3 Å². The summed E-state index contributed by atoms with van der Waals surface area (Å²) in [7, 11) is 0. The number of aryl methyl sites for hydroxylation is 2. The lowest BCUT2D eigenvalue weighted by Crippen LogP contribution is -2.33. The third-order valence-electron chi connectivity index (χ3n) is 4.38. The quantitative estimate of drug-likeness (QED) is 0.671. The average molecular weight is 301 g/mol. The molecule has 0 aliphatic carbocycles. The van der Waals surface area contributed by atoms with Gasteiger partial charge in [-0.2, -0.15) is 5.10 Å². The predicted octanol–water partition coefficient (Wildman–Crippen LogP) is 3.02. The van der Waals surface area contributed by atoms with Crippen LogP contribution in [0.4, 0.5) is 0 Å². The number of likely N-dealkylation sites (tertiary alicyclic amines) is 1. The molecule has 120 valence electrons. The number of nitrogens with zero attached hydrogens (tertiary/aromatic N) is 2. The molecule has 1 aliphatic rings. The highest BCUT2D eigenvalue weighted by Gasteiger charge is 2.11. The van der Waals surface area contributed by atoms with Crippen LogP contribution in [0, 0.1) is 13.8 Å². The standard InChI is InChI=1S/C18H27N3O/c1-14-7-8-17(13-15(14)2)16(3)19-20-18(22)9-12-21-10-5-4-6-11-21/h7-8,13H,4-6,9-12H2,1-3H3,(H,20,22)/b19-16+. The highest BCUT2D eigenvalue weighted by atomic mass is 16.2. The van der Waals surface area contributed by atoms with Crippen LogP contribution >= 0.6 is 0 Å². The summed E-state index contributed by atoms with van der Waals surface area (Å²) >= 11 is 0. The Kier molecular flexibility index (Phi) is 6.13. The van der Waals surface area contributed by atoms with Gasteiger partial charge in [-0.1, -0.05) is 18.6 Å². The first-order chi connectivity index (χ1) is 10.6. The minimum Gasteiger partial charge on any atom is -0.303 e. The molecule has 0 saturated carbocycles. The normalized spacial score (nSPS) is 16.6. The molecule has 0 bridgehead atoms. The molecule has 0 radical (unpaired) electrons. The van der Waals surface area contributed by atoms with Crippen LogP contribution < -0.4 is 5.43 Å². The molecule has 1 aliphatic heterocycles. The second-order valence-corrected chi connectivity index (χ2v) is 6.18. The number of hydrazone groups is 1. The van der Waals surface area contributed by atoms with Crippen LogP contribution in [0.2, 0.25) is 0 Å². The fourth-order valence-electron chi connectivity index (χ4n) is 2.68. The molecular weight excluding hydrogens is 274 g/mol. The van der Waals surface area contributed by atoms with Gasteiger partial charge in [-0.25, -0.2) is 5.43 Å². The van der Waals surface area contributed by atoms with Crippen LogP contribution in [0.5, 0.6) is 0 Å².